The minimum atomic E-state index is -0.364. The van der Waals surface area contributed by atoms with Gasteiger partial charge in [-0.3, -0.25) is 9.59 Å². The molecule has 2 atom stereocenters. The number of esters is 1. The van der Waals surface area contributed by atoms with E-state index in [1.807, 2.05) is 32.0 Å². The molecule has 2 rings (SSSR count). The Bertz CT molecular complexity index is 543. The van der Waals surface area contributed by atoms with Crippen LogP contribution in [0.25, 0.3) is 0 Å². The highest BCUT2D eigenvalue weighted by Gasteiger charge is 2.38. The Morgan fingerprint density at radius 3 is 2.10 bits per heavy atom. The normalized spacial score (nSPS) is 22.6. The van der Waals surface area contributed by atoms with Crippen molar-refractivity contribution >= 4 is 11.8 Å². The van der Waals surface area contributed by atoms with Gasteiger partial charge < -0.3 is 4.74 Å². The Labute approximate surface area is 119 Å². The van der Waals surface area contributed by atoms with Crippen LogP contribution < -0.4 is 0 Å². The molecule has 0 spiro atoms. The van der Waals surface area contributed by atoms with Crippen LogP contribution >= 0.6 is 0 Å². The Morgan fingerprint density at radius 1 is 1.00 bits per heavy atom. The molecule has 0 N–H and O–H groups in total. The van der Waals surface area contributed by atoms with Crippen molar-refractivity contribution in [1.82, 2.24) is 0 Å². The number of hydrogen-bond donors (Lipinski definition) is 0. The summed E-state index contributed by atoms with van der Waals surface area (Å²) in [5.41, 5.74) is 3.07. The molecule has 0 aliphatic heterocycles. The molecule has 0 radical (unpaired) electrons. The maximum absolute atomic E-state index is 12.7. The van der Waals surface area contributed by atoms with Gasteiger partial charge in [0.2, 0.25) is 0 Å². The van der Waals surface area contributed by atoms with Gasteiger partial charge in [-0.25, -0.2) is 0 Å². The van der Waals surface area contributed by atoms with Gasteiger partial charge in [0.15, 0.2) is 5.78 Å². The first-order chi connectivity index (χ1) is 9.54. The number of carbonyl (C=O) groups is 2. The van der Waals surface area contributed by atoms with Crippen molar-refractivity contribution in [3.63, 3.8) is 0 Å². The number of allylic oxidation sites excluding steroid dienone is 2. The summed E-state index contributed by atoms with van der Waals surface area (Å²) in [5.74, 6) is -0.927. The van der Waals surface area contributed by atoms with Crippen molar-refractivity contribution in [3.8, 4) is 0 Å². The second kappa shape index (κ2) is 6.04. The molecule has 0 amide bonds. The maximum atomic E-state index is 12.7. The minimum Gasteiger partial charge on any atom is -0.469 e. The number of benzene rings is 1. The van der Waals surface area contributed by atoms with Crippen LogP contribution in [0.1, 0.15) is 37.0 Å². The molecule has 1 aromatic rings. The van der Waals surface area contributed by atoms with Gasteiger partial charge in [0.1, 0.15) is 0 Å². The van der Waals surface area contributed by atoms with Crippen LogP contribution in [0.2, 0.25) is 0 Å². The molecule has 0 aromatic heterocycles. The molecule has 0 saturated carbocycles. The van der Waals surface area contributed by atoms with Gasteiger partial charge in [0.25, 0.3) is 0 Å². The van der Waals surface area contributed by atoms with Crippen molar-refractivity contribution in [3.05, 3.63) is 47.0 Å². The van der Waals surface area contributed by atoms with E-state index in [1.165, 1.54) is 18.3 Å². The SMILES string of the molecule is COC(=O)[C@@H]1CC(C)=C(C)C[C@H]1C(=O)c1ccccc1. The van der Waals surface area contributed by atoms with Crippen molar-refractivity contribution in [2.45, 2.75) is 26.7 Å². The lowest BCUT2D eigenvalue weighted by Crippen LogP contribution is -2.34. The molecule has 20 heavy (non-hydrogen) atoms. The van der Waals surface area contributed by atoms with Crippen molar-refractivity contribution in [1.29, 1.82) is 0 Å². The predicted octanol–water partition coefficient (Wildman–Crippen LogP) is 3.40. The third kappa shape index (κ3) is 2.82. The van der Waals surface area contributed by atoms with E-state index < -0.39 is 0 Å². The highest BCUT2D eigenvalue weighted by Crippen LogP contribution is 2.36. The second-order valence-corrected chi connectivity index (χ2v) is 5.44. The summed E-state index contributed by atoms with van der Waals surface area (Å²) < 4.78 is 4.88. The molecule has 0 fully saturated rings. The number of Topliss-reactive ketones (excluding diaryl/α,β-unsaturated/α-hetero) is 1. The zero-order valence-corrected chi connectivity index (χ0v) is 12.2. The van der Waals surface area contributed by atoms with Gasteiger partial charge in [-0.1, -0.05) is 41.5 Å². The summed E-state index contributed by atoms with van der Waals surface area (Å²) in [6, 6.07) is 9.17. The Hall–Kier alpha value is -1.90. The van der Waals surface area contributed by atoms with Crippen molar-refractivity contribution in [2.24, 2.45) is 11.8 Å². The van der Waals surface area contributed by atoms with Crippen molar-refractivity contribution < 1.29 is 14.3 Å². The Morgan fingerprint density at radius 2 is 1.55 bits per heavy atom. The van der Waals surface area contributed by atoms with E-state index in [-0.39, 0.29) is 23.6 Å². The Kier molecular flexibility index (Phi) is 4.38. The zero-order valence-electron chi connectivity index (χ0n) is 12.2. The van der Waals surface area contributed by atoms with E-state index in [0.29, 0.717) is 18.4 Å². The van der Waals surface area contributed by atoms with Crippen LogP contribution in [-0.2, 0) is 9.53 Å². The third-order valence-corrected chi connectivity index (χ3v) is 4.17. The maximum Gasteiger partial charge on any atom is 0.309 e. The summed E-state index contributed by atoms with van der Waals surface area (Å²) in [6.45, 7) is 4.06. The number of methoxy groups -OCH3 is 1. The molecule has 0 heterocycles. The van der Waals surface area contributed by atoms with Crippen LogP contribution in [-0.4, -0.2) is 18.9 Å². The van der Waals surface area contributed by atoms with Crippen LogP contribution in [0, 0.1) is 11.8 Å². The van der Waals surface area contributed by atoms with Crippen LogP contribution in [0.3, 0.4) is 0 Å². The van der Waals surface area contributed by atoms with Gasteiger partial charge in [-0.2, -0.15) is 0 Å². The summed E-state index contributed by atoms with van der Waals surface area (Å²) in [6.07, 6.45) is 1.25. The molecule has 0 unspecified atom stereocenters. The first-order valence-corrected chi connectivity index (χ1v) is 6.87. The van der Waals surface area contributed by atoms with E-state index in [0.717, 1.165) is 0 Å². The van der Waals surface area contributed by atoms with E-state index in [1.54, 1.807) is 12.1 Å². The second-order valence-electron chi connectivity index (χ2n) is 5.44. The first-order valence-electron chi connectivity index (χ1n) is 6.87. The van der Waals surface area contributed by atoms with Crippen molar-refractivity contribution in [2.75, 3.05) is 7.11 Å². The van der Waals surface area contributed by atoms with Gasteiger partial charge in [-0.05, 0) is 26.7 Å². The summed E-state index contributed by atoms with van der Waals surface area (Å²) in [4.78, 5) is 24.6. The molecule has 1 aliphatic carbocycles. The fourth-order valence-electron chi connectivity index (χ4n) is 2.78. The molecule has 3 nitrogen and oxygen atoms in total. The van der Waals surface area contributed by atoms with Gasteiger partial charge >= 0.3 is 5.97 Å². The largest absolute Gasteiger partial charge is 0.469 e. The minimum absolute atomic E-state index is 0.0350. The fraction of sp³-hybridized carbons (Fsp3) is 0.412. The average Bonchev–Trinajstić information content (AvgIpc) is 2.49. The molecule has 106 valence electrons. The van der Waals surface area contributed by atoms with Crippen LogP contribution in [0.5, 0.6) is 0 Å². The van der Waals surface area contributed by atoms with Crippen LogP contribution in [0.15, 0.2) is 41.5 Å². The van der Waals surface area contributed by atoms with E-state index >= 15 is 0 Å². The number of ether oxygens (including phenoxy) is 1. The fourth-order valence-corrected chi connectivity index (χ4v) is 2.78. The van der Waals surface area contributed by atoms with Gasteiger partial charge in [-0.15, -0.1) is 0 Å². The van der Waals surface area contributed by atoms with E-state index in [4.69, 9.17) is 4.74 Å². The standard InChI is InChI=1S/C17H20O3/c1-11-9-14(15(10-12(11)2)17(19)20-3)16(18)13-7-5-4-6-8-13/h4-8,14-15H,9-10H2,1-3H3/t14-,15-/m1/s1. The predicted molar refractivity (Wildman–Crippen MR) is 77.4 cm³/mol. The van der Waals surface area contributed by atoms with E-state index in [2.05, 4.69) is 0 Å². The summed E-state index contributed by atoms with van der Waals surface area (Å²) in [5, 5.41) is 0. The molecule has 3 heteroatoms. The van der Waals surface area contributed by atoms with E-state index in [9.17, 15) is 9.59 Å². The number of rotatable bonds is 3. The van der Waals surface area contributed by atoms with Gasteiger partial charge in [0.05, 0.1) is 13.0 Å². The lowest BCUT2D eigenvalue weighted by atomic mass is 9.73. The lowest BCUT2D eigenvalue weighted by molar-refractivity contribution is -0.147. The number of hydrogen-bond acceptors (Lipinski definition) is 3. The van der Waals surface area contributed by atoms with Gasteiger partial charge in [0, 0.05) is 11.5 Å². The number of carbonyl (C=O) groups excluding carboxylic acids is 2. The number of ketones is 1. The summed E-state index contributed by atoms with van der Waals surface area (Å²) in [7, 11) is 1.38. The first kappa shape index (κ1) is 14.5. The topological polar surface area (TPSA) is 43.4 Å². The van der Waals surface area contributed by atoms with Crippen LogP contribution in [0.4, 0.5) is 0 Å². The highest BCUT2D eigenvalue weighted by molar-refractivity contribution is 6.00. The molecular formula is C17H20O3. The highest BCUT2D eigenvalue weighted by atomic mass is 16.5. The summed E-state index contributed by atoms with van der Waals surface area (Å²) >= 11 is 0. The molecule has 0 saturated heterocycles. The molecule has 0 bridgehead atoms. The third-order valence-electron chi connectivity index (χ3n) is 4.17. The Balaban J connectivity index is 2.32. The molecular weight excluding hydrogens is 252 g/mol. The quantitative estimate of drug-likeness (QED) is 0.481. The molecule has 1 aromatic carbocycles. The zero-order chi connectivity index (χ0) is 14.7. The molecule has 1 aliphatic rings. The monoisotopic (exact) mass is 272 g/mol. The average molecular weight is 272 g/mol. The lowest BCUT2D eigenvalue weighted by Gasteiger charge is -2.30. The smallest absolute Gasteiger partial charge is 0.309 e.